The molecule has 1 unspecified atom stereocenters. The fourth-order valence-corrected chi connectivity index (χ4v) is 4.18. The number of nitrogens with zero attached hydrogens (tertiary/aromatic N) is 4. The molecule has 4 rings (SSSR count). The molecule has 132 valence electrons. The molecule has 1 aromatic carbocycles. The number of fused-ring (bicyclic) bond motifs is 1. The maximum Gasteiger partial charge on any atom is 0.222 e. The number of imidazole rings is 1. The molecule has 3 heterocycles. The SMILES string of the molecule is CCn1ccnc1CN1CC(CCN2CCCC2=O)c2ccccc21. The van der Waals surface area contributed by atoms with Crippen LogP contribution in [0, 0.1) is 0 Å². The van der Waals surface area contributed by atoms with Crippen LogP contribution < -0.4 is 4.90 Å². The lowest BCUT2D eigenvalue weighted by molar-refractivity contribution is -0.127. The summed E-state index contributed by atoms with van der Waals surface area (Å²) in [4.78, 5) is 20.9. The summed E-state index contributed by atoms with van der Waals surface area (Å²) in [5, 5.41) is 0. The second kappa shape index (κ2) is 6.90. The third-order valence-electron chi connectivity index (χ3n) is 5.55. The summed E-state index contributed by atoms with van der Waals surface area (Å²) in [5.41, 5.74) is 2.75. The van der Waals surface area contributed by atoms with E-state index >= 15 is 0 Å². The molecule has 1 atom stereocenters. The molecule has 5 heteroatoms. The fourth-order valence-electron chi connectivity index (χ4n) is 4.18. The molecule has 2 aromatic rings. The van der Waals surface area contributed by atoms with Gasteiger partial charge in [-0.2, -0.15) is 0 Å². The Bertz CT molecular complexity index is 754. The molecule has 0 radical (unpaired) electrons. The molecule has 0 N–H and O–H groups in total. The first-order chi connectivity index (χ1) is 12.3. The second-order valence-corrected chi connectivity index (χ2v) is 7.04. The minimum atomic E-state index is 0.327. The largest absolute Gasteiger partial charge is 0.363 e. The minimum absolute atomic E-state index is 0.327. The second-order valence-electron chi connectivity index (χ2n) is 7.04. The Morgan fingerprint density at radius 3 is 2.92 bits per heavy atom. The Morgan fingerprint density at radius 1 is 1.24 bits per heavy atom. The van der Waals surface area contributed by atoms with E-state index in [1.54, 1.807) is 0 Å². The van der Waals surface area contributed by atoms with Gasteiger partial charge in [-0.1, -0.05) is 18.2 Å². The third-order valence-corrected chi connectivity index (χ3v) is 5.55. The highest BCUT2D eigenvalue weighted by atomic mass is 16.2. The zero-order valence-corrected chi connectivity index (χ0v) is 14.9. The summed E-state index contributed by atoms with van der Waals surface area (Å²) in [6.07, 6.45) is 6.73. The number of benzene rings is 1. The van der Waals surface area contributed by atoms with E-state index in [9.17, 15) is 4.79 Å². The zero-order valence-electron chi connectivity index (χ0n) is 14.9. The summed E-state index contributed by atoms with van der Waals surface area (Å²) in [6, 6.07) is 8.71. The highest BCUT2D eigenvalue weighted by Gasteiger charge is 2.30. The van der Waals surface area contributed by atoms with Gasteiger partial charge >= 0.3 is 0 Å². The minimum Gasteiger partial charge on any atom is -0.363 e. The van der Waals surface area contributed by atoms with E-state index < -0.39 is 0 Å². The lowest BCUT2D eigenvalue weighted by atomic mass is 9.98. The molecule has 5 nitrogen and oxygen atoms in total. The van der Waals surface area contributed by atoms with Gasteiger partial charge in [-0.25, -0.2) is 4.98 Å². The van der Waals surface area contributed by atoms with Crippen LogP contribution in [0.15, 0.2) is 36.7 Å². The van der Waals surface area contributed by atoms with Gasteiger partial charge in [0.15, 0.2) is 0 Å². The Labute approximate surface area is 149 Å². The van der Waals surface area contributed by atoms with Crippen LogP contribution in [0.1, 0.15) is 43.5 Å². The quantitative estimate of drug-likeness (QED) is 0.813. The van der Waals surface area contributed by atoms with E-state index in [-0.39, 0.29) is 0 Å². The predicted molar refractivity (Wildman–Crippen MR) is 98.6 cm³/mol. The topological polar surface area (TPSA) is 41.4 Å². The van der Waals surface area contributed by atoms with Gasteiger partial charge in [0, 0.05) is 56.6 Å². The van der Waals surface area contributed by atoms with Gasteiger partial charge in [-0.15, -0.1) is 0 Å². The van der Waals surface area contributed by atoms with Crippen molar-refractivity contribution in [3.8, 4) is 0 Å². The molecule has 0 aliphatic carbocycles. The predicted octanol–water partition coefficient (Wildman–Crippen LogP) is 3.02. The van der Waals surface area contributed by atoms with Gasteiger partial charge in [0.1, 0.15) is 5.82 Å². The van der Waals surface area contributed by atoms with Crippen LogP contribution in [0.2, 0.25) is 0 Å². The molecular weight excluding hydrogens is 312 g/mol. The van der Waals surface area contributed by atoms with Gasteiger partial charge < -0.3 is 14.4 Å². The van der Waals surface area contributed by atoms with Crippen LogP contribution in [-0.4, -0.2) is 40.0 Å². The number of amides is 1. The Hall–Kier alpha value is -2.30. The lowest BCUT2D eigenvalue weighted by Crippen LogP contribution is -2.28. The van der Waals surface area contributed by atoms with Crippen LogP contribution in [0.25, 0.3) is 0 Å². The number of anilines is 1. The van der Waals surface area contributed by atoms with Crippen molar-refractivity contribution in [1.29, 1.82) is 0 Å². The molecule has 1 amide bonds. The highest BCUT2D eigenvalue weighted by molar-refractivity contribution is 5.78. The summed E-state index contributed by atoms with van der Waals surface area (Å²) in [6.45, 7) is 6.78. The number of aromatic nitrogens is 2. The smallest absolute Gasteiger partial charge is 0.222 e. The van der Waals surface area contributed by atoms with Crippen molar-refractivity contribution in [3.63, 3.8) is 0 Å². The van der Waals surface area contributed by atoms with E-state index in [0.29, 0.717) is 11.8 Å². The highest BCUT2D eigenvalue weighted by Crippen LogP contribution is 2.38. The maximum absolute atomic E-state index is 11.9. The summed E-state index contributed by atoms with van der Waals surface area (Å²) in [7, 11) is 0. The van der Waals surface area contributed by atoms with Crippen LogP contribution in [0.3, 0.4) is 0 Å². The first-order valence-electron chi connectivity index (χ1n) is 9.38. The number of carbonyl (C=O) groups excluding carboxylic acids is 1. The van der Waals surface area contributed by atoms with Crippen molar-refractivity contribution in [2.75, 3.05) is 24.5 Å². The first kappa shape index (κ1) is 16.2. The lowest BCUT2D eigenvalue weighted by Gasteiger charge is -2.21. The van der Waals surface area contributed by atoms with Gasteiger partial charge in [-0.05, 0) is 31.4 Å². The number of rotatable bonds is 6. The Morgan fingerprint density at radius 2 is 2.12 bits per heavy atom. The van der Waals surface area contributed by atoms with Gasteiger partial charge in [0.25, 0.3) is 0 Å². The number of carbonyl (C=O) groups is 1. The molecule has 1 fully saturated rings. The average molecular weight is 338 g/mol. The normalized spacial score (nSPS) is 19.7. The van der Waals surface area contributed by atoms with Crippen LogP contribution in [0.4, 0.5) is 5.69 Å². The number of para-hydroxylation sites is 1. The van der Waals surface area contributed by atoms with Crippen molar-refractivity contribution in [2.24, 2.45) is 0 Å². The number of aryl methyl sites for hydroxylation is 1. The van der Waals surface area contributed by atoms with E-state index in [4.69, 9.17) is 0 Å². The molecular formula is C20H26N4O. The molecule has 25 heavy (non-hydrogen) atoms. The third kappa shape index (κ3) is 3.15. The number of likely N-dealkylation sites (tertiary alicyclic amines) is 1. The van der Waals surface area contributed by atoms with E-state index in [1.165, 1.54) is 11.3 Å². The van der Waals surface area contributed by atoms with Gasteiger partial charge in [0.05, 0.1) is 6.54 Å². The van der Waals surface area contributed by atoms with Crippen molar-refractivity contribution >= 4 is 11.6 Å². The molecule has 1 aromatic heterocycles. The summed E-state index contributed by atoms with van der Waals surface area (Å²) >= 11 is 0. The molecule has 0 spiro atoms. The zero-order chi connectivity index (χ0) is 17.2. The fraction of sp³-hybridized carbons (Fsp3) is 0.500. The van der Waals surface area contributed by atoms with Crippen molar-refractivity contribution < 1.29 is 4.79 Å². The van der Waals surface area contributed by atoms with E-state index in [1.807, 2.05) is 17.3 Å². The molecule has 1 saturated heterocycles. The number of hydrogen-bond acceptors (Lipinski definition) is 3. The van der Waals surface area contributed by atoms with Crippen LogP contribution >= 0.6 is 0 Å². The standard InChI is InChI=1S/C20H26N4O/c1-2-22-13-10-21-19(22)15-24-14-16(17-6-3-4-7-18(17)24)9-12-23-11-5-8-20(23)25/h3-4,6-7,10,13,16H,2,5,8-9,11-12,14-15H2,1H3. The molecule has 0 saturated carbocycles. The van der Waals surface area contributed by atoms with E-state index in [2.05, 4.69) is 45.6 Å². The monoisotopic (exact) mass is 338 g/mol. The van der Waals surface area contributed by atoms with Crippen molar-refractivity contribution in [3.05, 3.63) is 48.0 Å². The Kier molecular flexibility index (Phi) is 4.47. The summed E-state index contributed by atoms with van der Waals surface area (Å²) in [5.74, 6) is 1.94. The Balaban J connectivity index is 1.48. The van der Waals surface area contributed by atoms with E-state index in [0.717, 1.165) is 57.8 Å². The molecule has 2 aliphatic heterocycles. The first-order valence-corrected chi connectivity index (χ1v) is 9.38. The maximum atomic E-state index is 11.9. The van der Waals surface area contributed by atoms with Crippen molar-refractivity contribution in [2.45, 2.75) is 45.2 Å². The van der Waals surface area contributed by atoms with Crippen LogP contribution in [0.5, 0.6) is 0 Å². The number of hydrogen-bond donors (Lipinski definition) is 0. The van der Waals surface area contributed by atoms with Gasteiger partial charge in [-0.3, -0.25) is 4.79 Å². The molecule has 2 aliphatic rings. The van der Waals surface area contributed by atoms with Crippen molar-refractivity contribution in [1.82, 2.24) is 14.5 Å². The summed E-state index contributed by atoms with van der Waals surface area (Å²) < 4.78 is 2.21. The van der Waals surface area contributed by atoms with Gasteiger partial charge in [0.2, 0.25) is 5.91 Å². The van der Waals surface area contributed by atoms with Crippen LogP contribution in [-0.2, 0) is 17.9 Å². The average Bonchev–Trinajstić information content (AvgIpc) is 3.33. The molecule has 0 bridgehead atoms.